The molecule has 0 aliphatic carbocycles. The van der Waals surface area contributed by atoms with Crippen LogP contribution in [0.15, 0.2) is 84.9 Å². The molecule has 0 atom stereocenters. The molecule has 0 bridgehead atoms. The predicted molar refractivity (Wildman–Crippen MR) is 117 cm³/mol. The maximum atomic E-state index is 13.4. The lowest BCUT2D eigenvalue weighted by Crippen LogP contribution is -2.38. The second kappa shape index (κ2) is 9.74. The third-order valence-corrected chi connectivity index (χ3v) is 4.93. The molecule has 3 aromatic carbocycles. The molecule has 0 unspecified atom stereocenters. The average molecular weight is 403 g/mol. The van der Waals surface area contributed by atoms with Gasteiger partial charge in [-0.3, -0.25) is 4.79 Å². The molecule has 1 amide bonds. The van der Waals surface area contributed by atoms with Crippen LogP contribution in [0.25, 0.3) is 0 Å². The highest BCUT2D eigenvalue weighted by Crippen LogP contribution is 2.33. The summed E-state index contributed by atoms with van der Waals surface area (Å²) >= 11 is 0. The first kappa shape index (κ1) is 21.1. The molecule has 1 N–H and O–H groups in total. The quantitative estimate of drug-likeness (QED) is 0.560. The van der Waals surface area contributed by atoms with E-state index in [9.17, 15) is 9.59 Å². The van der Waals surface area contributed by atoms with E-state index >= 15 is 0 Å². The van der Waals surface area contributed by atoms with E-state index in [4.69, 9.17) is 9.47 Å². The zero-order valence-corrected chi connectivity index (χ0v) is 17.1. The molecule has 3 rings (SSSR count). The van der Waals surface area contributed by atoms with Crippen LogP contribution in [0.5, 0.6) is 5.75 Å². The summed E-state index contributed by atoms with van der Waals surface area (Å²) in [5.41, 5.74) is 1.59. The second-order valence-electron chi connectivity index (χ2n) is 6.93. The Morgan fingerprint density at radius 1 is 0.833 bits per heavy atom. The van der Waals surface area contributed by atoms with Crippen molar-refractivity contribution in [1.29, 1.82) is 0 Å². The van der Waals surface area contributed by atoms with Crippen LogP contribution in [-0.4, -0.2) is 25.1 Å². The largest absolute Gasteiger partial charge is 0.482 e. The smallest absolute Gasteiger partial charge is 0.344 e. The highest BCUT2D eigenvalue weighted by Gasteiger charge is 2.37. The third-order valence-electron chi connectivity index (χ3n) is 4.93. The first-order chi connectivity index (χ1) is 14.5. The number of nitrogens with one attached hydrogen (secondary N) is 1. The zero-order valence-electron chi connectivity index (χ0n) is 17.1. The van der Waals surface area contributed by atoms with E-state index in [1.807, 2.05) is 67.6 Å². The van der Waals surface area contributed by atoms with Crippen molar-refractivity contribution in [3.63, 3.8) is 0 Å². The van der Waals surface area contributed by atoms with Crippen LogP contribution >= 0.6 is 0 Å². The predicted octanol–water partition coefficient (Wildman–Crippen LogP) is 4.57. The van der Waals surface area contributed by atoms with Gasteiger partial charge in [0.05, 0.1) is 12.0 Å². The van der Waals surface area contributed by atoms with Gasteiger partial charge in [0.25, 0.3) is 0 Å². The normalized spacial score (nSPS) is 10.9. The molecule has 154 valence electrons. The van der Waals surface area contributed by atoms with Gasteiger partial charge >= 0.3 is 5.97 Å². The molecule has 3 aromatic rings. The summed E-state index contributed by atoms with van der Waals surface area (Å²) in [6, 6.07) is 26.3. The molecule has 5 heteroatoms. The van der Waals surface area contributed by atoms with Gasteiger partial charge < -0.3 is 14.8 Å². The minimum atomic E-state index is -0.860. The van der Waals surface area contributed by atoms with Gasteiger partial charge in [-0.25, -0.2) is 4.79 Å². The minimum Gasteiger partial charge on any atom is -0.482 e. The fourth-order valence-electron chi connectivity index (χ4n) is 3.21. The van der Waals surface area contributed by atoms with Crippen LogP contribution < -0.4 is 10.1 Å². The molecule has 0 heterocycles. The Kier molecular flexibility index (Phi) is 6.86. The van der Waals surface area contributed by atoms with Gasteiger partial charge in [-0.05, 0) is 49.2 Å². The van der Waals surface area contributed by atoms with Gasteiger partial charge in [0.1, 0.15) is 5.75 Å². The monoisotopic (exact) mass is 403 g/mol. The average Bonchev–Trinajstić information content (AvgIpc) is 2.79. The zero-order chi connectivity index (χ0) is 21.4. The molecule has 5 nitrogen and oxygen atoms in total. The van der Waals surface area contributed by atoms with Crippen molar-refractivity contribution in [2.75, 3.05) is 18.5 Å². The Bertz CT molecular complexity index is 930. The minimum absolute atomic E-state index is 0.139. The number of anilines is 1. The fourth-order valence-corrected chi connectivity index (χ4v) is 3.21. The summed E-state index contributed by atoms with van der Waals surface area (Å²) in [7, 11) is 0. The first-order valence-electron chi connectivity index (χ1n) is 9.85. The summed E-state index contributed by atoms with van der Waals surface area (Å²) < 4.78 is 10.2. The molecule has 0 radical (unpaired) electrons. The van der Waals surface area contributed by atoms with Gasteiger partial charge in [-0.15, -0.1) is 0 Å². The number of carbonyl (C=O) groups excluding carboxylic acids is 2. The van der Waals surface area contributed by atoms with Crippen LogP contribution in [0.2, 0.25) is 0 Å². The van der Waals surface area contributed by atoms with Crippen molar-refractivity contribution in [1.82, 2.24) is 0 Å². The van der Waals surface area contributed by atoms with E-state index in [-0.39, 0.29) is 12.5 Å². The SMILES string of the molecule is CCOC(=O)COc1ccc(NC(=O)C(C)(c2ccccc2)c2ccccc2)cc1. The van der Waals surface area contributed by atoms with Crippen LogP contribution in [0.1, 0.15) is 25.0 Å². The second-order valence-corrected chi connectivity index (χ2v) is 6.93. The van der Waals surface area contributed by atoms with E-state index in [1.165, 1.54) is 0 Å². The van der Waals surface area contributed by atoms with E-state index in [0.717, 1.165) is 11.1 Å². The molecule has 0 spiro atoms. The van der Waals surface area contributed by atoms with E-state index in [0.29, 0.717) is 18.0 Å². The summed E-state index contributed by atoms with van der Waals surface area (Å²) in [4.78, 5) is 24.8. The molecule has 0 aromatic heterocycles. The molecular formula is C25H25NO4. The summed E-state index contributed by atoms with van der Waals surface area (Å²) in [5.74, 6) is -0.0357. The van der Waals surface area contributed by atoms with Crippen LogP contribution in [0.4, 0.5) is 5.69 Å². The van der Waals surface area contributed by atoms with Gasteiger partial charge in [0.15, 0.2) is 6.61 Å². The summed E-state index contributed by atoms with van der Waals surface area (Å²) in [6.45, 7) is 3.83. The lowest BCUT2D eigenvalue weighted by molar-refractivity contribution is -0.145. The van der Waals surface area contributed by atoms with Crippen LogP contribution in [0.3, 0.4) is 0 Å². The van der Waals surface area contributed by atoms with Crippen molar-refractivity contribution < 1.29 is 19.1 Å². The summed E-state index contributed by atoms with van der Waals surface area (Å²) in [6.07, 6.45) is 0. The molecule has 0 aliphatic heterocycles. The van der Waals surface area contributed by atoms with Gasteiger partial charge in [-0.2, -0.15) is 0 Å². The van der Waals surface area contributed by atoms with Crippen LogP contribution in [0, 0.1) is 0 Å². The molecule has 0 saturated heterocycles. The Labute approximate surface area is 176 Å². The number of ether oxygens (including phenoxy) is 2. The fraction of sp³-hybridized carbons (Fsp3) is 0.200. The molecule has 0 aliphatic rings. The number of carbonyl (C=O) groups is 2. The topological polar surface area (TPSA) is 64.6 Å². The molecule has 0 fully saturated rings. The Morgan fingerprint density at radius 3 is 1.87 bits per heavy atom. The highest BCUT2D eigenvalue weighted by atomic mass is 16.6. The van der Waals surface area contributed by atoms with Crippen LogP contribution in [-0.2, 0) is 19.7 Å². The van der Waals surface area contributed by atoms with Crippen molar-refractivity contribution in [2.45, 2.75) is 19.3 Å². The van der Waals surface area contributed by atoms with E-state index < -0.39 is 11.4 Å². The van der Waals surface area contributed by atoms with Gasteiger partial charge in [0, 0.05) is 5.69 Å². The lowest BCUT2D eigenvalue weighted by atomic mass is 9.75. The maximum absolute atomic E-state index is 13.4. The standard InChI is InChI=1S/C25H25NO4/c1-3-29-23(27)18-30-22-16-14-21(15-17-22)26-24(28)25(2,19-10-6-4-7-11-19)20-12-8-5-9-13-20/h4-17H,3,18H2,1-2H3,(H,26,28). The van der Waals surface area contributed by atoms with Gasteiger partial charge in [-0.1, -0.05) is 60.7 Å². The molecule has 30 heavy (non-hydrogen) atoms. The van der Waals surface area contributed by atoms with Crippen molar-refractivity contribution in [3.8, 4) is 5.75 Å². The van der Waals surface area contributed by atoms with Crippen molar-refractivity contribution in [3.05, 3.63) is 96.1 Å². The number of esters is 1. The van der Waals surface area contributed by atoms with Crippen molar-refractivity contribution in [2.24, 2.45) is 0 Å². The van der Waals surface area contributed by atoms with E-state index in [1.54, 1.807) is 31.2 Å². The molecule has 0 saturated carbocycles. The molecular weight excluding hydrogens is 378 g/mol. The highest BCUT2D eigenvalue weighted by molar-refractivity contribution is 6.01. The number of benzene rings is 3. The summed E-state index contributed by atoms with van der Waals surface area (Å²) in [5, 5.41) is 3.01. The Morgan fingerprint density at radius 2 is 1.37 bits per heavy atom. The third kappa shape index (κ3) is 4.87. The Hall–Kier alpha value is -3.60. The first-order valence-corrected chi connectivity index (χ1v) is 9.85. The number of amides is 1. The van der Waals surface area contributed by atoms with E-state index in [2.05, 4.69) is 5.32 Å². The van der Waals surface area contributed by atoms with Gasteiger partial charge in [0.2, 0.25) is 5.91 Å². The lowest BCUT2D eigenvalue weighted by Gasteiger charge is -2.29. The Balaban J connectivity index is 1.77. The maximum Gasteiger partial charge on any atom is 0.344 e. The number of hydrogen-bond acceptors (Lipinski definition) is 4. The number of rotatable bonds is 8. The number of hydrogen-bond donors (Lipinski definition) is 1. The van der Waals surface area contributed by atoms with Crippen molar-refractivity contribution >= 4 is 17.6 Å².